The van der Waals surface area contributed by atoms with Crippen LogP contribution in [0.2, 0.25) is 0 Å². The van der Waals surface area contributed by atoms with Crippen LogP contribution in [0, 0.1) is 0 Å². The highest BCUT2D eigenvalue weighted by atomic mass is 15.4. The average molecular weight is 223 g/mol. The lowest BCUT2D eigenvalue weighted by Crippen LogP contribution is -2.43. The van der Waals surface area contributed by atoms with Crippen molar-refractivity contribution in [2.45, 2.75) is 31.8 Å². The SMILES string of the molecule is CN1CCCCC1CNCc1cnnn1C. The molecule has 0 radical (unpaired) electrons. The zero-order valence-electron chi connectivity index (χ0n) is 10.2. The zero-order valence-corrected chi connectivity index (χ0v) is 10.2. The number of likely N-dealkylation sites (tertiary alicyclic amines) is 1. The van der Waals surface area contributed by atoms with Gasteiger partial charge in [-0.1, -0.05) is 11.6 Å². The molecule has 1 aromatic rings. The first-order valence-corrected chi connectivity index (χ1v) is 6.02. The maximum Gasteiger partial charge on any atom is 0.0738 e. The van der Waals surface area contributed by atoms with Gasteiger partial charge in [0.05, 0.1) is 11.9 Å². The average Bonchev–Trinajstić information content (AvgIpc) is 2.67. The van der Waals surface area contributed by atoms with Gasteiger partial charge in [-0.3, -0.25) is 4.68 Å². The molecule has 2 heterocycles. The Kier molecular flexibility index (Phi) is 3.90. The van der Waals surface area contributed by atoms with E-state index in [4.69, 9.17) is 0 Å². The summed E-state index contributed by atoms with van der Waals surface area (Å²) < 4.78 is 1.82. The first kappa shape index (κ1) is 11.5. The van der Waals surface area contributed by atoms with Gasteiger partial charge in [-0.15, -0.1) is 5.10 Å². The minimum absolute atomic E-state index is 0.690. The number of aromatic nitrogens is 3. The summed E-state index contributed by atoms with van der Waals surface area (Å²) in [4.78, 5) is 2.46. The molecule has 0 aromatic carbocycles. The molecule has 1 aromatic heterocycles. The van der Waals surface area contributed by atoms with E-state index in [2.05, 4.69) is 27.6 Å². The van der Waals surface area contributed by atoms with Crippen molar-refractivity contribution in [1.29, 1.82) is 0 Å². The molecule has 0 saturated carbocycles. The molecule has 1 unspecified atom stereocenters. The second-order valence-corrected chi connectivity index (χ2v) is 4.61. The lowest BCUT2D eigenvalue weighted by molar-refractivity contribution is 0.181. The van der Waals surface area contributed by atoms with Crippen molar-refractivity contribution in [2.75, 3.05) is 20.1 Å². The highest BCUT2D eigenvalue weighted by Crippen LogP contribution is 2.13. The molecule has 1 fully saturated rings. The van der Waals surface area contributed by atoms with Crippen molar-refractivity contribution >= 4 is 0 Å². The van der Waals surface area contributed by atoms with Crippen LogP contribution in [0.25, 0.3) is 0 Å². The van der Waals surface area contributed by atoms with Crippen LogP contribution < -0.4 is 5.32 Å². The highest BCUT2D eigenvalue weighted by Gasteiger charge is 2.18. The lowest BCUT2D eigenvalue weighted by atomic mass is 10.0. The Morgan fingerprint density at radius 2 is 2.31 bits per heavy atom. The minimum Gasteiger partial charge on any atom is -0.310 e. The standard InChI is InChI=1S/C11H21N5/c1-15-6-4-3-5-10(15)7-12-8-11-9-13-14-16(11)2/h9-10,12H,3-8H2,1-2H3. The van der Waals surface area contributed by atoms with Crippen molar-refractivity contribution in [3.05, 3.63) is 11.9 Å². The largest absolute Gasteiger partial charge is 0.310 e. The molecule has 1 aliphatic heterocycles. The summed E-state index contributed by atoms with van der Waals surface area (Å²) in [5.74, 6) is 0. The van der Waals surface area contributed by atoms with Crippen molar-refractivity contribution in [3.63, 3.8) is 0 Å². The van der Waals surface area contributed by atoms with Gasteiger partial charge in [0, 0.05) is 26.2 Å². The summed E-state index contributed by atoms with van der Waals surface area (Å²) >= 11 is 0. The van der Waals surface area contributed by atoms with Gasteiger partial charge in [-0.05, 0) is 26.4 Å². The summed E-state index contributed by atoms with van der Waals surface area (Å²) in [6.45, 7) is 3.15. The predicted molar refractivity (Wildman–Crippen MR) is 63.0 cm³/mol. The summed E-state index contributed by atoms with van der Waals surface area (Å²) in [6.07, 6.45) is 5.84. The van der Waals surface area contributed by atoms with Crippen LogP contribution >= 0.6 is 0 Å². The topological polar surface area (TPSA) is 46.0 Å². The third-order valence-electron chi connectivity index (χ3n) is 3.42. The molecule has 0 aliphatic carbocycles. The fourth-order valence-corrected chi connectivity index (χ4v) is 2.24. The van der Waals surface area contributed by atoms with Gasteiger partial charge in [-0.25, -0.2) is 0 Å². The number of nitrogens with one attached hydrogen (secondary N) is 1. The van der Waals surface area contributed by atoms with E-state index in [9.17, 15) is 0 Å². The Balaban J connectivity index is 1.73. The van der Waals surface area contributed by atoms with E-state index < -0.39 is 0 Å². The Morgan fingerprint density at radius 3 is 3.00 bits per heavy atom. The Bertz CT molecular complexity index is 322. The van der Waals surface area contributed by atoms with E-state index in [1.165, 1.54) is 25.8 Å². The first-order chi connectivity index (χ1) is 7.77. The number of aryl methyl sites for hydroxylation is 1. The molecule has 1 atom stereocenters. The fraction of sp³-hybridized carbons (Fsp3) is 0.818. The van der Waals surface area contributed by atoms with Gasteiger partial charge in [-0.2, -0.15) is 0 Å². The Labute approximate surface area is 96.8 Å². The number of hydrogen-bond acceptors (Lipinski definition) is 4. The smallest absolute Gasteiger partial charge is 0.0738 e. The predicted octanol–water partition coefficient (Wildman–Crippen LogP) is 0.389. The van der Waals surface area contributed by atoms with Crippen LogP contribution in [0.1, 0.15) is 25.0 Å². The van der Waals surface area contributed by atoms with Gasteiger partial charge in [0.15, 0.2) is 0 Å². The maximum atomic E-state index is 3.91. The van der Waals surface area contributed by atoms with Gasteiger partial charge in [0.2, 0.25) is 0 Å². The molecule has 16 heavy (non-hydrogen) atoms. The van der Waals surface area contributed by atoms with Gasteiger partial charge < -0.3 is 10.2 Å². The second-order valence-electron chi connectivity index (χ2n) is 4.61. The molecule has 90 valence electrons. The fourth-order valence-electron chi connectivity index (χ4n) is 2.24. The Morgan fingerprint density at radius 1 is 1.44 bits per heavy atom. The van der Waals surface area contributed by atoms with E-state index in [0.717, 1.165) is 18.8 Å². The van der Waals surface area contributed by atoms with E-state index in [1.54, 1.807) is 0 Å². The van der Waals surface area contributed by atoms with E-state index >= 15 is 0 Å². The van der Waals surface area contributed by atoms with Crippen LogP contribution in [-0.4, -0.2) is 46.1 Å². The quantitative estimate of drug-likeness (QED) is 0.802. The molecule has 0 amide bonds. The zero-order chi connectivity index (χ0) is 11.4. The normalized spacial score (nSPS) is 22.5. The summed E-state index contributed by atoms with van der Waals surface area (Å²) in [5.41, 5.74) is 1.14. The van der Waals surface area contributed by atoms with E-state index in [1.807, 2.05) is 17.9 Å². The number of hydrogen-bond donors (Lipinski definition) is 1. The summed E-state index contributed by atoms with van der Waals surface area (Å²) in [6, 6.07) is 0.690. The molecular formula is C11H21N5. The third-order valence-corrected chi connectivity index (χ3v) is 3.42. The summed E-state index contributed by atoms with van der Waals surface area (Å²) in [7, 11) is 4.15. The molecule has 1 saturated heterocycles. The molecule has 0 spiro atoms. The highest BCUT2D eigenvalue weighted by molar-refractivity contribution is 4.92. The van der Waals surface area contributed by atoms with Crippen LogP contribution in [0.3, 0.4) is 0 Å². The number of piperidine rings is 1. The van der Waals surface area contributed by atoms with Gasteiger partial charge in [0.1, 0.15) is 0 Å². The second kappa shape index (κ2) is 5.41. The Hall–Kier alpha value is -0.940. The molecular weight excluding hydrogens is 202 g/mol. The van der Waals surface area contributed by atoms with E-state index in [-0.39, 0.29) is 0 Å². The van der Waals surface area contributed by atoms with E-state index in [0.29, 0.717) is 6.04 Å². The summed E-state index contributed by atoms with van der Waals surface area (Å²) in [5, 5.41) is 11.3. The molecule has 5 nitrogen and oxygen atoms in total. The van der Waals surface area contributed by atoms with Crippen LogP contribution in [0.4, 0.5) is 0 Å². The van der Waals surface area contributed by atoms with Crippen molar-refractivity contribution in [1.82, 2.24) is 25.2 Å². The molecule has 0 bridgehead atoms. The van der Waals surface area contributed by atoms with Crippen LogP contribution in [0.15, 0.2) is 6.20 Å². The van der Waals surface area contributed by atoms with Crippen LogP contribution in [-0.2, 0) is 13.6 Å². The third kappa shape index (κ3) is 2.80. The van der Waals surface area contributed by atoms with Crippen LogP contribution in [0.5, 0.6) is 0 Å². The number of rotatable bonds is 4. The monoisotopic (exact) mass is 223 g/mol. The molecule has 1 N–H and O–H groups in total. The number of likely N-dealkylation sites (N-methyl/N-ethyl adjacent to an activating group) is 1. The van der Waals surface area contributed by atoms with Crippen molar-refractivity contribution < 1.29 is 0 Å². The van der Waals surface area contributed by atoms with Crippen molar-refractivity contribution in [2.24, 2.45) is 7.05 Å². The minimum atomic E-state index is 0.690. The van der Waals surface area contributed by atoms with Gasteiger partial charge in [0.25, 0.3) is 0 Å². The molecule has 1 aliphatic rings. The molecule has 5 heteroatoms. The molecule has 2 rings (SSSR count). The van der Waals surface area contributed by atoms with Gasteiger partial charge >= 0.3 is 0 Å². The first-order valence-electron chi connectivity index (χ1n) is 6.02. The lowest BCUT2D eigenvalue weighted by Gasteiger charge is -2.32. The maximum absolute atomic E-state index is 3.91. The number of nitrogens with zero attached hydrogens (tertiary/aromatic N) is 4. The van der Waals surface area contributed by atoms with Crippen molar-refractivity contribution in [3.8, 4) is 0 Å².